The van der Waals surface area contributed by atoms with Gasteiger partial charge in [-0.1, -0.05) is 6.92 Å². The highest BCUT2D eigenvalue weighted by Gasteiger charge is 2.53. The van der Waals surface area contributed by atoms with Crippen molar-refractivity contribution < 1.29 is 9.90 Å². The fourth-order valence-corrected chi connectivity index (χ4v) is 2.35. The molecule has 0 aromatic carbocycles. The molecule has 2 bridgehead atoms. The fraction of sp³-hybridized carbons (Fsp3) is 0.875. The van der Waals surface area contributed by atoms with Gasteiger partial charge in [0.15, 0.2) is 5.78 Å². The van der Waals surface area contributed by atoms with Crippen LogP contribution in [0.2, 0.25) is 0 Å². The average molecular weight is 140 g/mol. The molecule has 3 atom stereocenters. The molecule has 0 aliphatic heterocycles. The number of hydrogen-bond acceptors (Lipinski definition) is 2. The van der Waals surface area contributed by atoms with Gasteiger partial charge in [0.1, 0.15) is 6.10 Å². The van der Waals surface area contributed by atoms with Crippen molar-refractivity contribution in [2.24, 2.45) is 11.3 Å². The number of aliphatic hydroxyl groups is 1. The molecule has 3 unspecified atom stereocenters. The number of carbonyl (C=O) groups excluding carboxylic acids is 1. The lowest BCUT2D eigenvalue weighted by molar-refractivity contribution is -0.134. The van der Waals surface area contributed by atoms with Gasteiger partial charge in [-0.15, -0.1) is 0 Å². The van der Waals surface area contributed by atoms with E-state index in [9.17, 15) is 9.90 Å². The van der Waals surface area contributed by atoms with Crippen LogP contribution in [-0.2, 0) is 4.79 Å². The molecule has 2 heteroatoms. The smallest absolute Gasteiger partial charge is 0.167 e. The maximum Gasteiger partial charge on any atom is 0.167 e. The number of Topliss-reactive ketones (excluding diaryl/α,β-unsaturated/α-hetero) is 1. The summed E-state index contributed by atoms with van der Waals surface area (Å²) in [7, 11) is 0. The van der Waals surface area contributed by atoms with E-state index in [2.05, 4.69) is 0 Å². The van der Waals surface area contributed by atoms with Crippen molar-refractivity contribution in [1.29, 1.82) is 0 Å². The molecule has 0 radical (unpaired) electrons. The number of rotatable bonds is 0. The maximum atomic E-state index is 11.2. The summed E-state index contributed by atoms with van der Waals surface area (Å²) in [5.74, 6) is 0.376. The minimum absolute atomic E-state index is 0.0868. The Bertz CT molecular complexity index is 188. The Morgan fingerprint density at radius 3 is 2.70 bits per heavy atom. The van der Waals surface area contributed by atoms with Gasteiger partial charge >= 0.3 is 0 Å². The Hall–Kier alpha value is -0.370. The predicted molar refractivity (Wildman–Crippen MR) is 36.5 cm³/mol. The summed E-state index contributed by atoms with van der Waals surface area (Å²) in [5.41, 5.74) is -0.149. The van der Waals surface area contributed by atoms with Crippen molar-refractivity contribution in [2.75, 3.05) is 0 Å². The quantitative estimate of drug-likeness (QED) is 0.538. The molecule has 0 spiro atoms. The number of ketones is 1. The minimum Gasteiger partial charge on any atom is -0.385 e. The zero-order chi connectivity index (χ0) is 7.35. The van der Waals surface area contributed by atoms with Gasteiger partial charge in [-0.2, -0.15) is 0 Å². The first kappa shape index (κ1) is 6.35. The summed E-state index contributed by atoms with van der Waals surface area (Å²) >= 11 is 0. The first-order valence-corrected chi connectivity index (χ1v) is 3.86. The van der Waals surface area contributed by atoms with E-state index in [1.807, 2.05) is 6.92 Å². The largest absolute Gasteiger partial charge is 0.385 e. The van der Waals surface area contributed by atoms with Gasteiger partial charge in [0, 0.05) is 5.41 Å². The van der Waals surface area contributed by atoms with Gasteiger partial charge in [-0.3, -0.25) is 4.79 Å². The normalized spacial score (nSPS) is 52.4. The molecule has 0 amide bonds. The van der Waals surface area contributed by atoms with Gasteiger partial charge in [-0.05, 0) is 25.2 Å². The van der Waals surface area contributed by atoms with Gasteiger partial charge in [0.25, 0.3) is 0 Å². The van der Waals surface area contributed by atoms with Crippen LogP contribution < -0.4 is 0 Å². The van der Waals surface area contributed by atoms with Gasteiger partial charge in [-0.25, -0.2) is 0 Å². The summed E-state index contributed by atoms with van der Waals surface area (Å²) in [6.07, 6.45) is 2.34. The zero-order valence-corrected chi connectivity index (χ0v) is 6.13. The zero-order valence-electron chi connectivity index (χ0n) is 6.13. The third kappa shape index (κ3) is 0.553. The van der Waals surface area contributed by atoms with Crippen molar-refractivity contribution in [3.8, 4) is 0 Å². The van der Waals surface area contributed by atoms with E-state index in [0.717, 1.165) is 19.3 Å². The highest BCUT2D eigenvalue weighted by molar-refractivity contribution is 5.91. The molecule has 0 aromatic rings. The first-order chi connectivity index (χ1) is 4.63. The van der Waals surface area contributed by atoms with Gasteiger partial charge in [0.05, 0.1) is 0 Å². The second-order valence-corrected chi connectivity index (χ2v) is 3.87. The Balaban J connectivity index is 2.34. The molecule has 2 aliphatic rings. The van der Waals surface area contributed by atoms with Crippen LogP contribution in [0.15, 0.2) is 0 Å². The minimum atomic E-state index is -0.626. The van der Waals surface area contributed by atoms with Crippen molar-refractivity contribution in [3.05, 3.63) is 0 Å². The van der Waals surface area contributed by atoms with E-state index in [4.69, 9.17) is 0 Å². The standard InChI is InChI=1S/C8H12O2/c1-8-3-2-5(4-8)6(9)7(8)10/h5-6,9H,2-4H2,1H3. The topological polar surface area (TPSA) is 37.3 Å². The Labute approximate surface area is 60.2 Å². The number of hydrogen-bond donors (Lipinski definition) is 1. The lowest BCUT2D eigenvalue weighted by atomic mass is 9.84. The van der Waals surface area contributed by atoms with Crippen LogP contribution in [0.1, 0.15) is 26.2 Å². The third-order valence-electron chi connectivity index (χ3n) is 3.09. The first-order valence-electron chi connectivity index (χ1n) is 3.86. The van der Waals surface area contributed by atoms with Crippen LogP contribution in [0, 0.1) is 11.3 Å². The molecule has 2 fully saturated rings. The molecule has 0 saturated heterocycles. The molecule has 56 valence electrons. The molecule has 10 heavy (non-hydrogen) atoms. The van der Waals surface area contributed by atoms with E-state index in [1.54, 1.807) is 0 Å². The SMILES string of the molecule is CC12CCC(C1)C(O)C2=O. The van der Waals surface area contributed by atoms with Crippen LogP contribution in [-0.4, -0.2) is 17.0 Å². The second-order valence-electron chi connectivity index (χ2n) is 3.87. The average Bonchev–Trinajstić information content (AvgIpc) is 2.35. The fourth-order valence-electron chi connectivity index (χ4n) is 2.35. The van der Waals surface area contributed by atoms with Crippen molar-refractivity contribution in [3.63, 3.8) is 0 Å². The summed E-state index contributed by atoms with van der Waals surface area (Å²) < 4.78 is 0. The molecule has 2 nitrogen and oxygen atoms in total. The van der Waals surface area contributed by atoms with E-state index in [0.29, 0.717) is 0 Å². The Kier molecular flexibility index (Phi) is 1.03. The van der Waals surface area contributed by atoms with Crippen LogP contribution in [0.25, 0.3) is 0 Å². The molecule has 0 heterocycles. The number of fused-ring (bicyclic) bond motifs is 2. The van der Waals surface area contributed by atoms with E-state index < -0.39 is 6.10 Å². The Morgan fingerprint density at radius 1 is 1.70 bits per heavy atom. The molecular weight excluding hydrogens is 128 g/mol. The highest BCUT2D eigenvalue weighted by Crippen LogP contribution is 2.51. The van der Waals surface area contributed by atoms with Crippen molar-refractivity contribution in [2.45, 2.75) is 32.3 Å². The molecule has 2 saturated carbocycles. The van der Waals surface area contributed by atoms with Crippen LogP contribution in [0.3, 0.4) is 0 Å². The van der Waals surface area contributed by atoms with E-state index in [-0.39, 0.29) is 17.1 Å². The summed E-state index contributed by atoms with van der Waals surface area (Å²) in [5, 5.41) is 9.30. The molecule has 2 aliphatic carbocycles. The monoisotopic (exact) mass is 140 g/mol. The highest BCUT2D eigenvalue weighted by atomic mass is 16.3. The van der Waals surface area contributed by atoms with Crippen LogP contribution >= 0.6 is 0 Å². The van der Waals surface area contributed by atoms with Crippen molar-refractivity contribution >= 4 is 5.78 Å². The van der Waals surface area contributed by atoms with E-state index in [1.165, 1.54) is 0 Å². The van der Waals surface area contributed by atoms with Gasteiger partial charge < -0.3 is 5.11 Å². The van der Waals surface area contributed by atoms with Crippen LogP contribution in [0.5, 0.6) is 0 Å². The molecule has 2 rings (SSSR count). The summed E-state index contributed by atoms with van der Waals surface area (Å²) in [6, 6.07) is 0. The van der Waals surface area contributed by atoms with Gasteiger partial charge in [0.2, 0.25) is 0 Å². The van der Waals surface area contributed by atoms with Crippen molar-refractivity contribution in [1.82, 2.24) is 0 Å². The second kappa shape index (κ2) is 1.62. The number of carbonyl (C=O) groups is 1. The van der Waals surface area contributed by atoms with Crippen LogP contribution in [0.4, 0.5) is 0 Å². The predicted octanol–water partition coefficient (Wildman–Crippen LogP) is 0.736. The molecule has 0 aromatic heterocycles. The summed E-state index contributed by atoms with van der Waals surface area (Å²) in [6.45, 7) is 1.98. The molecular formula is C8H12O2. The number of aliphatic hydroxyl groups excluding tert-OH is 1. The lowest BCUT2D eigenvalue weighted by Crippen LogP contribution is -2.32. The lowest BCUT2D eigenvalue weighted by Gasteiger charge is -2.21. The Morgan fingerprint density at radius 2 is 2.40 bits per heavy atom. The molecule has 1 N–H and O–H groups in total. The third-order valence-corrected chi connectivity index (χ3v) is 3.09. The summed E-state index contributed by atoms with van der Waals surface area (Å²) in [4.78, 5) is 11.2. The maximum absolute atomic E-state index is 11.2. The van der Waals surface area contributed by atoms with E-state index >= 15 is 0 Å².